The maximum atomic E-state index is 10.4. The minimum Gasteiger partial charge on any atom is -0.390 e. The van der Waals surface area contributed by atoms with Gasteiger partial charge in [0.15, 0.2) is 5.79 Å². The lowest BCUT2D eigenvalue weighted by molar-refractivity contribution is -0.158. The Kier molecular flexibility index (Phi) is 9.90. The fourth-order valence-corrected chi connectivity index (χ4v) is 4.17. The molecule has 2 aliphatic rings. The van der Waals surface area contributed by atoms with Crippen LogP contribution < -0.4 is 0 Å². The number of rotatable bonds is 13. The molecular formula is C22H42O4. The number of aliphatic hydroxyl groups excluding tert-OH is 1. The molecule has 1 N–H and O–H groups in total. The Labute approximate surface area is 161 Å². The Balaban J connectivity index is 1.47. The minimum atomic E-state index is -0.499. The fourth-order valence-electron chi connectivity index (χ4n) is 4.17. The van der Waals surface area contributed by atoms with E-state index in [1.54, 1.807) is 0 Å². The first-order chi connectivity index (χ1) is 12.5. The van der Waals surface area contributed by atoms with Gasteiger partial charge in [0, 0.05) is 0 Å². The molecule has 0 spiro atoms. The molecule has 4 heteroatoms. The molecule has 2 saturated heterocycles. The zero-order valence-corrected chi connectivity index (χ0v) is 17.4. The summed E-state index contributed by atoms with van der Waals surface area (Å²) in [4.78, 5) is 0. The van der Waals surface area contributed by atoms with Crippen LogP contribution in [0.3, 0.4) is 0 Å². The molecule has 154 valence electrons. The van der Waals surface area contributed by atoms with Crippen molar-refractivity contribution in [3.05, 3.63) is 0 Å². The summed E-state index contributed by atoms with van der Waals surface area (Å²) >= 11 is 0. The quantitative estimate of drug-likeness (QED) is 0.444. The van der Waals surface area contributed by atoms with E-state index >= 15 is 0 Å². The van der Waals surface area contributed by atoms with Gasteiger partial charge < -0.3 is 19.3 Å². The number of aliphatic hydroxyl groups is 1. The third-order valence-electron chi connectivity index (χ3n) is 5.81. The summed E-state index contributed by atoms with van der Waals surface area (Å²) in [6.07, 6.45) is 15.8. The van der Waals surface area contributed by atoms with Gasteiger partial charge in [-0.15, -0.1) is 0 Å². The van der Waals surface area contributed by atoms with Crippen molar-refractivity contribution in [3.8, 4) is 0 Å². The molecule has 2 fully saturated rings. The van der Waals surface area contributed by atoms with Crippen molar-refractivity contribution in [2.24, 2.45) is 0 Å². The SMILES string of the molecule is CCCCCCCCCCCC[C@H](O)[C@H]1CC[C@H]([C@H]2COC(C)(C)O2)O1. The van der Waals surface area contributed by atoms with Crippen molar-refractivity contribution >= 4 is 0 Å². The third-order valence-corrected chi connectivity index (χ3v) is 5.81. The Morgan fingerprint density at radius 1 is 0.885 bits per heavy atom. The van der Waals surface area contributed by atoms with Crippen LogP contribution in [0.1, 0.15) is 104 Å². The molecule has 4 atom stereocenters. The smallest absolute Gasteiger partial charge is 0.163 e. The van der Waals surface area contributed by atoms with Crippen LogP contribution in [0.4, 0.5) is 0 Å². The summed E-state index contributed by atoms with van der Waals surface area (Å²) in [7, 11) is 0. The zero-order chi connectivity index (χ0) is 18.8. The molecule has 4 nitrogen and oxygen atoms in total. The van der Waals surface area contributed by atoms with E-state index < -0.39 is 5.79 Å². The first kappa shape index (κ1) is 22.1. The molecule has 0 saturated carbocycles. The zero-order valence-electron chi connectivity index (χ0n) is 17.4. The number of ether oxygens (including phenoxy) is 3. The van der Waals surface area contributed by atoms with Crippen LogP contribution in [0.5, 0.6) is 0 Å². The molecule has 0 aliphatic carbocycles. The maximum Gasteiger partial charge on any atom is 0.163 e. The van der Waals surface area contributed by atoms with E-state index in [1.165, 1.54) is 57.8 Å². The summed E-state index contributed by atoms with van der Waals surface area (Å²) in [6, 6.07) is 0. The average Bonchev–Trinajstić information content (AvgIpc) is 3.23. The lowest BCUT2D eigenvalue weighted by Gasteiger charge is -2.23. The van der Waals surface area contributed by atoms with Gasteiger partial charge in [0.25, 0.3) is 0 Å². The molecule has 2 aliphatic heterocycles. The lowest BCUT2D eigenvalue weighted by atomic mass is 10.0. The third kappa shape index (κ3) is 7.84. The summed E-state index contributed by atoms with van der Waals surface area (Å²) < 4.78 is 17.6. The van der Waals surface area contributed by atoms with Gasteiger partial charge in [-0.2, -0.15) is 0 Å². The van der Waals surface area contributed by atoms with E-state index in [-0.39, 0.29) is 24.4 Å². The normalized spacial score (nSPS) is 29.3. The van der Waals surface area contributed by atoms with Crippen molar-refractivity contribution in [2.45, 2.75) is 134 Å². The number of unbranched alkanes of at least 4 members (excludes halogenated alkanes) is 9. The van der Waals surface area contributed by atoms with Gasteiger partial charge in [0.1, 0.15) is 6.10 Å². The van der Waals surface area contributed by atoms with Gasteiger partial charge in [0.05, 0.1) is 24.9 Å². The Hall–Kier alpha value is -0.160. The van der Waals surface area contributed by atoms with Crippen LogP contribution in [0.15, 0.2) is 0 Å². The highest BCUT2D eigenvalue weighted by Crippen LogP contribution is 2.33. The first-order valence-corrected chi connectivity index (χ1v) is 11.2. The van der Waals surface area contributed by atoms with Crippen LogP contribution >= 0.6 is 0 Å². The molecule has 0 radical (unpaired) electrons. The lowest BCUT2D eigenvalue weighted by Crippen LogP contribution is -2.33. The van der Waals surface area contributed by atoms with Crippen LogP contribution in [-0.2, 0) is 14.2 Å². The summed E-state index contributed by atoms with van der Waals surface area (Å²) in [6.45, 7) is 6.75. The molecule has 0 unspecified atom stereocenters. The highest BCUT2D eigenvalue weighted by atomic mass is 16.7. The van der Waals surface area contributed by atoms with E-state index in [2.05, 4.69) is 6.92 Å². The van der Waals surface area contributed by atoms with Crippen LogP contribution in [0.25, 0.3) is 0 Å². The Bertz CT molecular complexity index is 371. The van der Waals surface area contributed by atoms with E-state index in [0.29, 0.717) is 6.61 Å². The van der Waals surface area contributed by atoms with Crippen molar-refractivity contribution < 1.29 is 19.3 Å². The highest BCUT2D eigenvalue weighted by Gasteiger charge is 2.42. The summed E-state index contributed by atoms with van der Waals surface area (Å²) in [5.41, 5.74) is 0. The highest BCUT2D eigenvalue weighted by molar-refractivity contribution is 4.86. The number of hydrogen-bond acceptors (Lipinski definition) is 4. The van der Waals surface area contributed by atoms with Gasteiger partial charge in [-0.25, -0.2) is 0 Å². The fraction of sp³-hybridized carbons (Fsp3) is 1.00. The molecule has 0 aromatic carbocycles. The van der Waals surface area contributed by atoms with Crippen LogP contribution in [0, 0.1) is 0 Å². The summed E-state index contributed by atoms with van der Waals surface area (Å²) in [5, 5.41) is 10.4. The van der Waals surface area contributed by atoms with Gasteiger partial charge in [0.2, 0.25) is 0 Å². The van der Waals surface area contributed by atoms with Crippen LogP contribution in [0.2, 0.25) is 0 Å². The molecule has 0 aromatic heterocycles. The predicted molar refractivity (Wildman–Crippen MR) is 105 cm³/mol. The standard InChI is InChI=1S/C22H42O4/c1-4-5-6-7-8-9-10-11-12-13-14-18(23)19-15-16-20(25-19)21-17-24-22(2,3)26-21/h18-21,23H,4-17H2,1-3H3/t18-,19+,20+,21+/m0/s1. The molecule has 0 aromatic rings. The maximum absolute atomic E-state index is 10.4. The van der Waals surface area contributed by atoms with Gasteiger partial charge in [-0.3, -0.25) is 0 Å². The molecular weight excluding hydrogens is 328 g/mol. The second kappa shape index (κ2) is 11.6. The minimum absolute atomic E-state index is 0.0135. The van der Waals surface area contributed by atoms with Crippen molar-refractivity contribution in [2.75, 3.05) is 6.61 Å². The van der Waals surface area contributed by atoms with E-state index in [9.17, 15) is 5.11 Å². The molecule has 2 heterocycles. The van der Waals surface area contributed by atoms with Gasteiger partial charge >= 0.3 is 0 Å². The predicted octanol–water partition coefficient (Wildman–Crippen LogP) is 5.36. The number of hydrogen-bond donors (Lipinski definition) is 1. The second-order valence-corrected chi connectivity index (χ2v) is 8.70. The molecule has 2 rings (SSSR count). The van der Waals surface area contributed by atoms with Crippen molar-refractivity contribution in [1.29, 1.82) is 0 Å². The topological polar surface area (TPSA) is 47.9 Å². The second-order valence-electron chi connectivity index (χ2n) is 8.70. The average molecular weight is 371 g/mol. The Morgan fingerprint density at radius 2 is 1.50 bits per heavy atom. The molecule has 0 bridgehead atoms. The largest absolute Gasteiger partial charge is 0.390 e. The Morgan fingerprint density at radius 3 is 2.08 bits per heavy atom. The van der Waals surface area contributed by atoms with Crippen molar-refractivity contribution in [3.63, 3.8) is 0 Å². The van der Waals surface area contributed by atoms with Crippen LogP contribution in [-0.4, -0.2) is 41.9 Å². The van der Waals surface area contributed by atoms with E-state index in [4.69, 9.17) is 14.2 Å². The van der Waals surface area contributed by atoms with Gasteiger partial charge in [-0.1, -0.05) is 71.1 Å². The van der Waals surface area contributed by atoms with Crippen molar-refractivity contribution in [1.82, 2.24) is 0 Å². The van der Waals surface area contributed by atoms with Gasteiger partial charge in [-0.05, 0) is 33.1 Å². The summed E-state index contributed by atoms with van der Waals surface area (Å²) in [5.74, 6) is -0.499. The molecule has 0 amide bonds. The molecule has 26 heavy (non-hydrogen) atoms. The first-order valence-electron chi connectivity index (χ1n) is 11.2. The van der Waals surface area contributed by atoms with E-state index in [0.717, 1.165) is 25.7 Å². The monoisotopic (exact) mass is 370 g/mol. The van der Waals surface area contributed by atoms with E-state index in [1.807, 2.05) is 13.8 Å².